The number of benzene rings is 3. The van der Waals surface area contributed by atoms with Gasteiger partial charge in [0, 0.05) is 0 Å². The summed E-state index contributed by atoms with van der Waals surface area (Å²) < 4.78 is 6.43. The molecule has 0 aromatic heterocycles. The molecule has 0 saturated carbocycles. The zero-order valence-corrected chi connectivity index (χ0v) is 16.9. The topological polar surface area (TPSA) is 29.5 Å². The van der Waals surface area contributed by atoms with Crippen LogP contribution in [0, 0.1) is 20.8 Å². The van der Waals surface area contributed by atoms with Crippen LogP contribution in [0.15, 0.2) is 66.7 Å². The van der Waals surface area contributed by atoms with Gasteiger partial charge in [-0.3, -0.25) is 0 Å². The lowest BCUT2D eigenvalue weighted by Gasteiger charge is -2.29. The Kier molecular flexibility index (Phi) is 5.19. The normalized spacial score (nSPS) is 11.4. The van der Waals surface area contributed by atoms with Crippen LogP contribution in [0.4, 0.5) is 0 Å². The van der Waals surface area contributed by atoms with Crippen molar-refractivity contribution in [3.8, 4) is 11.5 Å². The van der Waals surface area contributed by atoms with Crippen LogP contribution in [-0.2, 0) is 0 Å². The first-order chi connectivity index (χ1) is 12.4. The molecule has 0 aliphatic carbocycles. The van der Waals surface area contributed by atoms with E-state index in [0.29, 0.717) is 12.0 Å². The van der Waals surface area contributed by atoms with Crippen LogP contribution >= 0.6 is 0 Å². The molecule has 1 N–H and O–H groups in total. The lowest BCUT2D eigenvalue weighted by atomic mass is 10.0. The predicted octanol–water partition coefficient (Wildman–Crippen LogP) is 4.13. The summed E-state index contributed by atoms with van der Waals surface area (Å²) in [5, 5.41) is 12.8. The Morgan fingerprint density at radius 3 is 1.81 bits per heavy atom. The first-order valence-electron chi connectivity index (χ1n) is 8.97. The maximum atomic E-state index is 10.0. The van der Waals surface area contributed by atoms with Crippen molar-refractivity contribution in [2.24, 2.45) is 0 Å². The van der Waals surface area contributed by atoms with E-state index >= 15 is 0 Å². The van der Waals surface area contributed by atoms with E-state index in [-0.39, 0.29) is 0 Å². The molecule has 26 heavy (non-hydrogen) atoms. The first kappa shape index (κ1) is 18.3. The van der Waals surface area contributed by atoms with Crippen LogP contribution in [0.2, 0.25) is 6.55 Å². The van der Waals surface area contributed by atoms with Gasteiger partial charge in [-0.05, 0) is 43.5 Å². The SMILES string of the molecule is Cc1cc(O)c(C)c(C)c1OC[Si](C)(c1ccccc1)c1ccccc1. The van der Waals surface area contributed by atoms with E-state index in [9.17, 15) is 5.11 Å². The summed E-state index contributed by atoms with van der Waals surface area (Å²) in [7, 11) is -2.05. The molecule has 0 spiro atoms. The zero-order valence-electron chi connectivity index (χ0n) is 15.9. The van der Waals surface area contributed by atoms with Crippen LogP contribution in [0.1, 0.15) is 16.7 Å². The Labute approximate surface area is 157 Å². The van der Waals surface area contributed by atoms with E-state index in [1.54, 1.807) is 6.07 Å². The highest BCUT2D eigenvalue weighted by molar-refractivity contribution is 7.01. The Hall–Kier alpha value is -2.52. The molecule has 134 valence electrons. The smallest absolute Gasteiger partial charge is 0.156 e. The van der Waals surface area contributed by atoms with Gasteiger partial charge >= 0.3 is 0 Å². The Morgan fingerprint density at radius 1 is 0.808 bits per heavy atom. The van der Waals surface area contributed by atoms with Gasteiger partial charge in [0.2, 0.25) is 0 Å². The van der Waals surface area contributed by atoms with Crippen molar-refractivity contribution in [1.29, 1.82) is 0 Å². The minimum atomic E-state index is -2.05. The highest BCUT2D eigenvalue weighted by Gasteiger charge is 2.33. The monoisotopic (exact) mass is 362 g/mol. The summed E-state index contributed by atoms with van der Waals surface area (Å²) in [4.78, 5) is 0. The molecule has 3 rings (SSSR count). The fourth-order valence-corrected chi connectivity index (χ4v) is 6.38. The second-order valence-corrected chi connectivity index (χ2v) is 11.3. The highest BCUT2D eigenvalue weighted by atomic mass is 28.3. The Morgan fingerprint density at radius 2 is 1.31 bits per heavy atom. The number of ether oxygens (including phenoxy) is 1. The van der Waals surface area contributed by atoms with Crippen LogP contribution in [-0.4, -0.2) is 19.4 Å². The fraction of sp³-hybridized carbons (Fsp3) is 0.217. The molecule has 0 radical (unpaired) electrons. The average Bonchev–Trinajstić information content (AvgIpc) is 2.67. The van der Waals surface area contributed by atoms with Crippen molar-refractivity contribution in [2.75, 3.05) is 6.23 Å². The number of phenols is 1. The number of phenolic OH excluding ortho intramolecular Hbond substituents is 1. The molecule has 0 amide bonds. The van der Waals surface area contributed by atoms with E-state index in [4.69, 9.17) is 4.74 Å². The molecule has 3 heteroatoms. The maximum Gasteiger partial charge on any atom is 0.156 e. The summed E-state index contributed by atoms with van der Waals surface area (Å²) in [6.07, 6.45) is 0.660. The molecule has 0 bridgehead atoms. The summed E-state index contributed by atoms with van der Waals surface area (Å²) in [6, 6.07) is 23.2. The molecular weight excluding hydrogens is 336 g/mol. The van der Waals surface area contributed by atoms with Gasteiger partial charge in [0.05, 0.1) is 6.23 Å². The van der Waals surface area contributed by atoms with Gasteiger partial charge < -0.3 is 9.84 Å². The summed E-state index contributed by atoms with van der Waals surface area (Å²) in [5.74, 6) is 1.23. The van der Waals surface area contributed by atoms with Crippen LogP contribution in [0.3, 0.4) is 0 Å². The zero-order chi connectivity index (χ0) is 18.7. The molecule has 0 fully saturated rings. The lowest BCUT2D eigenvalue weighted by molar-refractivity contribution is 0.372. The third-order valence-corrected chi connectivity index (χ3v) is 9.26. The highest BCUT2D eigenvalue weighted by Crippen LogP contribution is 2.32. The fourth-order valence-electron chi connectivity index (χ4n) is 3.42. The molecule has 3 aromatic rings. The third kappa shape index (κ3) is 3.40. The van der Waals surface area contributed by atoms with Gasteiger partial charge in [-0.2, -0.15) is 0 Å². The summed E-state index contributed by atoms with van der Waals surface area (Å²) in [6.45, 7) is 8.30. The molecule has 2 nitrogen and oxygen atoms in total. The minimum absolute atomic E-state index is 0.332. The van der Waals surface area contributed by atoms with Crippen LogP contribution in [0.5, 0.6) is 11.5 Å². The van der Waals surface area contributed by atoms with Gasteiger partial charge in [-0.1, -0.05) is 77.6 Å². The largest absolute Gasteiger partial charge is 0.508 e. The molecule has 0 aliphatic rings. The van der Waals surface area contributed by atoms with E-state index in [1.807, 2.05) is 20.8 Å². The van der Waals surface area contributed by atoms with Gasteiger partial charge in [-0.15, -0.1) is 0 Å². The van der Waals surface area contributed by atoms with E-state index in [1.165, 1.54) is 10.4 Å². The molecular formula is C23H26O2Si. The molecule has 0 unspecified atom stereocenters. The molecule has 0 saturated heterocycles. The van der Waals surface area contributed by atoms with E-state index < -0.39 is 8.07 Å². The molecule has 0 heterocycles. The summed E-state index contributed by atoms with van der Waals surface area (Å²) >= 11 is 0. The number of hydrogen-bond acceptors (Lipinski definition) is 2. The van der Waals surface area contributed by atoms with Crippen molar-refractivity contribution < 1.29 is 9.84 Å². The summed E-state index contributed by atoms with van der Waals surface area (Å²) in [5.41, 5.74) is 2.87. The van der Waals surface area contributed by atoms with E-state index in [0.717, 1.165) is 22.4 Å². The second-order valence-electron chi connectivity index (χ2n) is 7.14. The number of aryl methyl sites for hydroxylation is 1. The van der Waals surface area contributed by atoms with Crippen molar-refractivity contribution in [1.82, 2.24) is 0 Å². The third-order valence-electron chi connectivity index (χ3n) is 5.33. The van der Waals surface area contributed by atoms with Crippen molar-refractivity contribution >= 4 is 18.4 Å². The Balaban J connectivity index is 2.00. The van der Waals surface area contributed by atoms with Crippen LogP contribution in [0.25, 0.3) is 0 Å². The number of aromatic hydroxyl groups is 1. The van der Waals surface area contributed by atoms with Gasteiger partial charge in [-0.25, -0.2) is 0 Å². The van der Waals surface area contributed by atoms with Crippen LogP contribution < -0.4 is 15.1 Å². The lowest BCUT2D eigenvalue weighted by Crippen LogP contribution is -2.60. The van der Waals surface area contributed by atoms with Crippen molar-refractivity contribution in [2.45, 2.75) is 27.3 Å². The maximum absolute atomic E-state index is 10.0. The van der Waals surface area contributed by atoms with Crippen molar-refractivity contribution in [3.05, 3.63) is 83.4 Å². The second kappa shape index (κ2) is 7.38. The molecule has 0 atom stereocenters. The van der Waals surface area contributed by atoms with Crippen molar-refractivity contribution in [3.63, 3.8) is 0 Å². The average molecular weight is 363 g/mol. The number of hydrogen-bond donors (Lipinski definition) is 1. The van der Waals surface area contributed by atoms with Gasteiger partial charge in [0.1, 0.15) is 11.5 Å². The van der Waals surface area contributed by atoms with E-state index in [2.05, 4.69) is 67.2 Å². The Bertz CT molecular complexity index is 850. The minimum Gasteiger partial charge on any atom is -0.508 e. The quantitative estimate of drug-likeness (QED) is 0.692. The molecule has 0 aliphatic heterocycles. The van der Waals surface area contributed by atoms with Gasteiger partial charge in [0.15, 0.2) is 8.07 Å². The number of rotatable bonds is 5. The molecule has 3 aromatic carbocycles. The standard InChI is InChI=1S/C23H26O2Si/c1-17-15-22(24)18(2)19(3)23(17)25-16-26(4,20-11-7-5-8-12-20)21-13-9-6-10-14-21/h5-15,24H,16H2,1-4H3. The van der Waals surface area contributed by atoms with Gasteiger partial charge in [0.25, 0.3) is 0 Å². The predicted molar refractivity (Wildman–Crippen MR) is 112 cm³/mol. The first-order valence-corrected chi connectivity index (χ1v) is 11.7.